The summed E-state index contributed by atoms with van der Waals surface area (Å²) in [5, 5.41) is 0. The van der Waals surface area contributed by atoms with E-state index in [9.17, 15) is 9.59 Å². The van der Waals surface area contributed by atoms with Gasteiger partial charge in [-0.25, -0.2) is 0 Å². The second-order valence-electron chi connectivity index (χ2n) is 7.35. The first kappa shape index (κ1) is 10.7. The number of rotatable bonds is 2. The monoisotopic (exact) mass is 262 g/mol. The van der Waals surface area contributed by atoms with E-state index < -0.39 is 0 Å². The summed E-state index contributed by atoms with van der Waals surface area (Å²) in [6.07, 6.45) is 0. The van der Waals surface area contributed by atoms with Gasteiger partial charge in [-0.15, -0.1) is 0 Å². The summed E-state index contributed by atoms with van der Waals surface area (Å²) in [6.45, 7) is 2.38. The molecule has 0 radical (unpaired) electrons. The Morgan fingerprint density at radius 2 is 1.21 bits per heavy atom. The Labute approximate surface area is 111 Å². The third-order valence-corrected chi connectivity index (χ3v) is 7.45. The van der Waals surface area contributed by atoms with Crippen LogP contribution in [0.15, 0.2) is 0 Å². The van der Waals surface area contributed by atoms with Gasteiger partial charge < -0.3 is 9.47 Å². The normalized spacial score (nSPS) is 64.7. The second kappa shape index (κ2) is 2.70. The van der Waals surface area contributed by atoms with Gasteiger partial charge in [0.15, 0.2) is 0 Å². The van der Waals surface area contributed by atoms with E-state index in [1.807, 2.05) is 0 Å². The van der Waals surface area contributed by atoms with E-state index in [-0.39, 0.29) is 23.8 Å². The van der Waals surface area contributed by atoms with Crippen molar-refractivity contribution in [1.82, 2.24) is 0 Å². The van der Waals surface area contributed by atoms with Crippen LogP contribution in [-0.2, 0) is 19.1 Å². The van der Waals surface area contributed by atoms with Crippen molar-refractivity contribution in [3.05, 3.63) is 0 Å². The third-order valence-electron chi connectivity index (χ3n) is 7.45. The highest BCUT2D eigenvalue weighted by Gasteiger charge is 2.97. The van der Waals surface area contributed by atoms with Crippen LogP contribution in [0.1, 0.15) is 6.92 Å². The van der Waals surface area contributed by atoms with Crippen LogP contribution in [0.3, 0.4) is 0 Å². The fourth-order valence-electron chi connectivity index (χ4n) is 7.30. The Morgan fingerprint density at radius 1 is 0.789 bits per heavy atom. The molecule has 6 saturated carbocycles. The Morgan fingerprint density at radius 3 is 1.47 bits per heavy atom. The minimum absolute atomic E-state index is 0.191. The topological polar surface area (TPSA) is 52.6 Å². The number of fused-ring (bicyclic) bond motifs is 1. The summed E-state index contributed by atoms with van der Waals surface area (Å²) in [4.78, 5) is 24.4. The molecule has 0 saturated heterocycles. The molecule has 0 aromatic carbocycles. The first-order valence-electron chi connectivity index (χ1n) is 7.24. The lowest BCUT2D eigenvalue weighted by atomic mass is 9.58. The van der Waals surface area contributed by atoms with Crippen molar-refractivity contribution in [2.24, 2.45) is 58.7 Å². The van der Waals surface area contributed by atoms with Gasteiger partial charge in [-0.2, -0.15) is 0 Å². The van der Waals surface area contributed by atoms with Crippen molar-refractivity contribution in [2.45, 2.75) is 6.92 Å². The minimum atomic E-state index is -0.237. The average Bonchev–Trinajstić information content (AvgIpc) is 3.26. The predicted molar refractivity (Wildman–Crippen MR) is 63.5 cm³/mol. The SMILES string of the molecule is COC(=O)[C@@H]1[C@H](C(=O)OC)[C@H]2[C@H]3C4[C@H]3[C@H]1[C@@H]1[C@H]2C41C. The molecular weight excluding hydrogens is 244 g/mol. The van der Waals surface area contributed by atoms with Crippen molar-refractivity contribution in [2.75, 3.05) is 14.2 Å². The van der Waals surface area contributed by atoms with E-state index in [1.54, 1.807) is 0 Å². The molecule has 102 valence electrons. The number of carbonyl (C=O) groups excluding carboxylic acids is 2. The van der Waals surface area contributed by atoms with Crippen LogP contribution >= 0.6 is 0 Å². The molecule has 0 aromatic rings. The number of esters is 2. The van der Waals surface area contributed by atoms with Crippen LogP contribution in [0.5, 0.6) is 0 Å². The summed E-state index contributed by atoms with van der Waals surface area (Å²) < 4.78 is 9.99. The van der Waals surface area contributed by atoms with Crippen molar-refractivity contribution >= 4 is 11.9 Å². The van der Waals surface area contributed by atoms with Gasteiger partial charge >= 0.3 is 11.9 Å². The van der Waals surface area contributed by atoms with Crippen LogP contribution in [-0.4, -0.2) is 26.2 Å². The van der Waals surface area contributed by atoms with Crippen LogP contribution in [0.4, 0.5) is 0 Å². The largest absolute Gasteiger partial charge is 0.469 e. The zero-order valence-electron chi connectivity index (χ0n) is 11.3. The average molecular weight is 262 g/mol. The highest BCUT2D eigenvalue weighted by atomic mass is 16.5. The lowest BCUT2D eigenvalue weighted by Gasteiger charge is -2.44. The second-order valence-corrected chi connectivity index (χ2v) is 7.35. The van der Waals surface area contributed by atoms with Gasteiger partial charge in [0.05, 0.1) is 26.1 Å². The van der Waals surface area contributed by atoms with Gasteiger partial charge in [0.25, 0.3) is 0 Å². The first-order valence-corrected chi connectivity index (χ1v) is 7.24. The van der Waals surface area contributed by atoms with Gasteiger partial charge in [0.2, 0.25) is 0 Å². The number of ether oxygens (including phenoxy) is 2. The molecule has 0 aliphatic heterocycles. The molecule has 0 spiro atoms. The number of hydrogen-bond acceptors (Lipinski definition) is 4. The molecule has 0 heterocycles. The highest BCUT2D eigenvalue weighted by Crippen LogP contribution is 2.98. The van der Waals surface area contributed by atoms with Crippen LogP contribution in [0, 0.1) is 58.7 Å². The van der Waals surface area contributed by atoms with E-state index in [0.717, 1.165) is 5.92 Å². The maximum absolute atomic E-state index is 12.2. The summed E-state index contributed by atoms with van der Waals surface area (Å²) >= 11 is 0. The molecule has 0 amide bonds. The van der Waals surface area contributed by atoms with E-state index in [1.165, 1.54) is 14.2 Å². The number of hydrogen-bond donors (Lipinski definition) is 0. The highest BCUT2D eigenvalue weighted by molar-refractivity contribution is 5.84. The van der Waals surface area contributed by atoms with E-state index >= 15 is 0 Å². The molecule has 0 aromatic heterocycles. The molecule has 6 aliphatic rings. The van der Waals surface area contributed by atoms with Crippen molar-refractivity contribution < 1.29 is 19.1 Å². The molecular formula is C15H18O4. The maximum atomic E-state index is 12.2. The Bertz CT molecular complexity index is 484. The fourth-order valence-corrected chi connectivity index (χ4v) is 7.30. The maximum Gasteiger partial charge on any atom is 0.309 e. The van der Waals surface area contributed by atoms with Crippen LogP contribution in [0.2, 0.25) is 0 Å². The Hall–Kier alpha value is -1.06. The van der Waals surface area contributed by atoms with Gasteiger partial charge in [-0.3, -0.25) is 9.59 Å². The summed E-state index contributed by atoms with van der Waals surface area (Å²) in [5.41, 5.74) is 0.444. The molecule has 6 fully saturated rings. The molecule has 2 bridgehead atoms. The quantitative estimate of drug-likeness (QED) is 0.695. The molecule has 19 heavy (non-hydrogen) atoms. The van der Waals surface area contributed by atoms with E-state index in [0.29, 0.717) is 40.9 Å². The molecule has 2 unspecified atom stereocenters. The van der Waals surface area contributed by atoms with Crippen molar-refractivity contribution in [3.8, 4) is 0 Å². The lowest BCUT2D eigenvalue weighted by Crippen LogP contribution is -2.51. The Kier molecular flexibility index (Phi) is 1.52. The summed E-state index contributed by atoms with van der Waals surface area (Å²) in [5.74, 6) is 3.50. The zero-order chi connectivity index (χ0) is 13.3. The van der Waals surface area contributed by atoms with Gasteiger partial charge in [-0.1, -0.05) is 6.92 Å². The smallest absolute Gasteiger partial charge is 0.309 e. The first-order chi connectivity index (χ1) is 9.08. The number of carbonyl (C=O) groups is 2. The molecule has 10 atom stereocenters. The summed E-state index contributed by atoms with van der Waals surface area (Å²) in [7, 11) is 2.87. The van der Waals surface area contributed by atoms with Gasteiger partial charge in [0.1, 0.15) is 0 Å². The lowest BCUT2D eigenvalue weighted by molar-refractivity contribution is -0.171. The standard InChI is InChI=1S/C15H18O4/c1-15-10-4-5(10)7-9(14(17)19-3)8(13(16)18-2)6(4)11(15)12(7)15/h4-12H,1-3H3/t4-,5+,6-,7-,8+,9-,10?,11-,12+,15?/m1/s1. The molecule has 4 nitrogen and oxygen atoms in total. The van der Waals surface area contributed by atoms with E-state index in [2.05, 4.69) is 6.92 Å². The number of methoxy groups -OCH3 is 2. The van der Waals surface area contributed by atoms with Crippen LogP contribution in [0.25, 0.3) is 0 Å². The zero-order valence-corrected chi connectivity index (χ0v) is 11.3. The fraction of sp³-hybridized carbons (Fsp3) is 0.867. The van der Waals surface area contributed by atoms with Gasteiger partial charge in [0, 0.05) is 0 Å². The predicted octanol–water partition coefficient (Wildman–Crippen LogP) is 0.952. The van der Waals surface area contributed by atoms with E-state index in [4.69, 9.17) is 9.47 Å². The minimum Gasteiger partial charge on any atom is -0.469 e. The van der Waals surface area contributed by atoms with Crippen molar-refractivity contribution in [3.63, 3.8) is 0 Å². The summed E-state index contributed by atoms with van der Waals surface area (Å²) in [6, 6.07) is 0. The molecule has 6 aliphatic carbocycles. The van der Waals surface area contributed by atoms with Crippen LogP contribution < -0.4 is 0 Å². The van der Waals surface area contributed by atoms with Gasteiger partial charge in [-0.05, 0) is 46.8 Å². The Balaban J connectivity index is 1.62. The third kappa shape index (κ3) is 0.796. The van der Waals surface area contributed by atoms with Crippen molar-refractivity contribution in [1.29, 1.82) is 0 Å². The molecule has 6 rings (SSSR count). The molecule has 0 N–H and O–H groups in total. The molecule has 4 heteroatoms.